The molecule has 2 aromatic carbocycles. The summed E-state index contributed by atoms with van der Waals surface area (Å²) in [7, 11) is 1.35. The van der Waals surface area contributed by atoms with Crippen molar-refractivity contribution in [3.8, 4) is 0 Å². The van der Waals surface area contributed by atoms with Crippen LogP contribution >= 0.6 is 0 Å². The number of methoxy groups -OCH3 is 1. The van der Waals surface area contributed by atoms with E-state index in [1.165, 1.54) is 56.6 Å². The normalized spacial score (nSPS) is 27.5. The Hall–Kier alpha value is -3.21. The number of aromatic nitrogens is 1. The van der Waals surface area contributed by atoms with Crippen molar-refractivity contribution in [1.82, 2.24) is 10.3 Å². The highest BCUT2D eigenvalue weighted by molar-refractivity contribution is 5.98. The summed E-state index contributed by atoms with van der Waals surface area (Å²) in [5, 5.41) is 4.09. The number of hydrogen-bond donors (Lipinski definition) is 1. The second kappa shape index (κ2) is 8.78. The highest BCUT2D eigenvalue weighted by Crippen LogP contribution is 2.61. The smallest absolute Gasteiger partial charge is 0.328 e. The van der Waals surface area contributed by atoms with Gasteiger partial charge in [-0.15, -0.1) is 0 Å². The first kappa shape index (κ1) is 22.3. The van der Waals surface area contributed by atoms with E-state index in [-0.39, 0.29) is 11.3 Å². The van der Waals surface area contributed by atoms with Crippen molar-refractivity contribution in [3.05, 3.63) is 77.5 Å². The second-order valence-electron chi connectivity index (χ2n) is 11.0. The van der Waals surface area contributed by atoms with Crippen molar-refractivity contribution in [1.29, 1.82) is 0 Å². The third-order valence-electron chi connectivity index (χ3n) is 8.63. The predicted molar refractivity (Wildman–Crippen MR) is 135 cm³/mol. The van der Waals surface area contributed by atoms with E-state index in [1.54, 1.807) is 0 Å². The number of carbonyl (C=O) groups is 2. The molecule has 4 saturated carbocycles. The molecule has 4 bridgehead atoms. The van der Waals surface area contributed by atoms with Crippen LogP contribution in [-0.4, -0.2) is 30.0 Å². The highest BCUT2D eigenvalue weighted by atomic mass is 16.5. The Kier molecular flexibility index (Phi) is 5.58. The molecule has 4 aliphatic rings. The number of fused-ring (bicyclic) bond motifs is 1. The summed E-state index contributed by atoms with van der Waals surface area (Å²) < 4.78 is 5.01. The van der Waals surface area contributed by atoms with Crippen LogP contribution in [0.5, 0.6) is 0 Å². The van der Waals surface area contributed by atoms with E-state index in [0.717, 1.165) is 28.8 Å². The van der Waals surface area contributed by atoms with Crippen molar-refractivity contribution in [2.75, 3.05) is 7.11 Å². The number of nitrogens with zero attached hydrogens (tertiary/aromatic N) is 1. The average molecular weight is 469 g/mol. The van der Waals surface area contributed by atoms with Crippen LogP contribution in [0.4, 0.5) is 0 Å². The average Bonchev–Trinajstić information content (AvgIpc) is 2.87. The number of para-hydroxylation sites is 1. The largest absolute Gasteiger partial charge is 0.467 e. The molecule has 4 aliphatic carbocycles. The Morgan fingerprint density at radius 3 is 2.26 bits per heavy atom. The first-order valence-corrected chi connectivity index (χ1v) is 12.9. The van der Waals surface area contributed by atoms with Crippen LogP contribution in [0.2, 0.25) is 0 Å². The van der Waals surface area contributed by atoms with Gasteiger partial charge in [0, 0.05) is 11.8 Å². The Labute approximate surface area is 206 Å². The number of hydrogen-bond acceptors (Lipinski definition) is 4. The topological polar surface area (TPSA) is 68.3 Å². The number of esters is 1. The molecule has 1 aromatic heterocycles. The lowest BCUT2D eigenvalue weighted by Crippen LogP contribution is -2.48. The Bertz CT molecular complexity index is 1230. The van der Waals surface area contributed by atoms with Gasteiger partial charge in [0.15, 0.2) is 0 Å². The zero-order chi connectivity index (χ0) is 24.0. The van der Waals surface area contributed by atoms with Crippen LogP contribution in [-0.2, 0) is 21.4 Å². The minimum Gasteiger partial charge on any atom is -0.467 e. The van der Waals surface area contributed by atoms with E-state index in [4.69, 9.17) is 9.72 Å². The molecule has 0 saturated heterocycles. The summed E-state index contributed by atoms with van der Waals surface area (Å²) in [5.41, 5.74) is 3.62. The number of ether oxygens (including phenoxy) is 1. The van der Waals surface area contributed by atoms with E-state index < -0.39 is 12.0 Å². The predicted octanol–water partition coefficient (Wildman–Crippen LogP) is 5.22. The third kappa shape index (κ3) is 4.11. The molecule has 5 heteroatoms. The van der Waals surface area contributed by atoms with Crippen LogP contribution < -0.4 is 5.32 Å². The van der Waals surface area contributed by atoms with Crippen LogP contribution in [0.15, 0.2) is 60.7 Å². The molecule has 7 rings (SSSR count). The van der Waals surface area contributed by atoms with Gasteiger partial charge in [0.1, 0.15) is 11.7 Å². The van der Waals surface area contributed by atoms with E-state index >= 15 is 0 Å². The summed E-state index contributed by atoms with van der Waals surface area (Å²) in [4.78, 5) is 30.8. The van der Waals surface area contributed by atoms with Crippen molar-refractivity contribution in [2.24, 2.45) is 17.8 Å². The molecule has 4 fully saturated rings. The first-order valence-electron chi connectivity index (χ1n) is 12.9. The fraction of sp³-hybridized carbons (Fsp3) is 0.433. The van der Waals surface area contributed by atoms with Gasteiger partial charge in [-0.3, -0.25) is 4.79 Å². The van der Waals surface area contributed by atoms with Gasteiger partial charge in [0.25, 0.3) is 5.91 Å². The first-order chi connectivity index (χ1) is 17.0. The molecule has 0 aliphatic heterocycles. The van der Waals surface area contributed by atoms with Gasteiger partial charge >= 0.3 is 5.97 Å². The highest BCUT2D eigenvalue weighted by Gasteiger charge is 2.52. The molecule has 0 radical (unpaired) electrons. The van der Waals surface area contributed by atoms with Gasteiger partial charge in [0.2, 0.25) is 0 Å². The lowest BCUT2D eigenvalue weighted by atomic mass is 9.48. The molecular weight excluding hydrogens is 436 g/mol. The van der Waals surface area contributed by atoms with Gasteiger partial charge < -0.3 is 10.1 Å². The van der Waals surface area contributed by atoms with E-state index in [1.807, 2.05) is 48.5 Å². The minimum atomic E-state index is -0.772. The lowest BCUT2D eigenvalue weighted by Gasteiger charge is -2.57. The van der Waals surface area contributed by atoms with Crippen molar-refractivity contribution in [2.45, 2.75) is 56.4 Å². The van der Waals surface area contributed by atoms with Crippen molar-refractivity contribution < 1.29 is 14.3 Å². The monoisotopic (exact) mass is 468 g/mol. The van der Waals surface area contributed by atoms with E-state index in [0.29, 0.717) is 12.1 Å². The van der Waals surface area contributed by atoms with Gasteiger partial charge in [-0.05, 0) is 85.0 Å². The Morgan fingerprint density at radius 2 is 1.60 bits per heavy atom. The molecule has 3 aromatic rings. The molecule has 35 heavy (non-hydrogen) atoms. The molecular formula is C30H32N2O3. The molecule has 0 unspecified atom stereocenters. The number of carbonyl (C=O) groups excluding carboxylic acids is 2. The Morgan fingerprint density at radius 1 is 0.971 bits per heavy atom. The molecule has 1 heterocycles. The fourth-order valence-electron chi connectivity index (χ4n) is 7.59. The van der Waals surface area contributed by atoms with Crippen LogP contribution in [0.1, 0.15) is 60.1 Å². The van der Waals surface area contributed by atoms with Gasteiger partial charge in [0.05, 0.1) is 12.6 Å². The Balaban J connectivity index is 1.35. The number of pyridine rings is 1. The second-order valence-corrected chi connectivity index (χ2v) is 11.0. The van der Waals surface area contributed by atoms with Crippen LogP contribution in [0, 0.1) is 17.8 Å². The van der Waals surface area contributed by atoms with E-state index in [9.17, 15) is 9.59 Å². The fourth-order valence-corrected chi connectivity index (χ4v) is 7.59. The SMILES string of the molecule is COC(=O)[C@H](Cc1ccccc1)NC(=O)c1cc(C23CC4CC(CC(C4)C2)C3)c2ccccc2n1. The van der Waals surface area contributed by atoms with Crippen LogP contribution in [0.25, 0.3) is 10.9 Å². The van der Waals surface area contributed by atoms with Gasteiger partial charge in [-0.1, -0.05) is 48.5 Å². The van der Waals surface area contributed by atoms with Gasteiger partial charge in [-0.2, -0.15) is 0 Å². The zero-order valence-electron chi connectivity index (χ0n) is 20.2. The van der Waals surface area contributed by atoms with Crippen LogP contribution in [0.3, 0.4) is 0 Å². The maximum atomic E-state index is 13.5. The summed E-state index contributed by atoms with van der Waals surface area (Å²) in [6.07, 6.45) is 8.13. The molecule has 1 N–H and O–H groups in total. The molecule has 1 amide bonds. The van der Waals surface area contributed by atoms with E-state index in [2.05, 4.69) is 17.4 Å². The lowest BCUT2D eigenvalue weighted by molar-refractivity contribution is -0.142. The molecule has 5 nitrogen and oxygen atoms in total. The maximum absolute atomic E-state index is 13.5. The van der Waals surface area contributed by atoms with Gasteiger partial charge in [-0.25, -0.2) is 9.78 Å². The summed E-state index contributed by atoms with van der Waals surface area (Å²) in [6, 6.07) is 19.1. The third-order valence-corrected chi connectivity index (χ3v) is 8.63. The number of benzene rings is 2. The van der Waals surface area contributed by atoms with Crippen molar-refractivity contribution in [3.63, 3.8) is 0 Å². The summed E-state index contributed by atoms with van der Waals surface area (Å²) >= 11 is 0. The molecule has 1 atom stereocenters. The molecule has 180 valence electrons. The van der Waals surface area contributed by atoms with Crippen molar-refractivity contribution >= 4 is 22.8 Å². The minimum absolute atomic E-state index is 0.137. The number of nitrogens with one attached hydrogen (secondary N) is 1. The standard InChI is InChI=1S/C30H32N2O3/c1-35-29(34)27(14-19-7-3-2-4-8-19)32-28(33)26-15-24(23-9-5-6-10-25(23)31-26)30-16-20-11-21(17-30)13-22(12-20)18-30/h2-10,15,20-22,27H,11-14,16-18H2,1H3,(H,32,33)/t20?,21?,22?,27-,30?/m0/s1. The maximum Gasteiger partial charge on any atom is 0.328 e. The zero-order valence-corrected chi connectivity index (χ0v) is 20.2. The summed E-state index contributed by atoms with van der Waals surface area (Å²) in [5.74, 6) is 1.64. The quantitative estimate of drug-likeness (QED) is 0.504. The number of rotatable bonds is 6. The summed E-state index contributed by atoms with van der Waals surface area (Å²) in [6.45, 7) is 0. The number of amides is 1. The molecule has 0 spiro atoms.